The lowest BCUT2D eigenvalue weighted by molar-refractivity contribution is -0.123. The van der Waals surface area contributed by atoms with E-state index >= 15 is 0 Å². The van der Waals surface area contributed by atoms with Crippen molar-refractivity contribution in [2.24, 2.45) is 0 Å². The molecule has 0 fully saturated rings. The molecule has 0 spiro atoms. The first-order chi connectivity index (χ1) is 12.7. The van der Waals surface area contributed by atoms with E-state index in [9.17, 15) is 4.79 Å². The number of ether oxygens (including phenoxy) is 2. The van der Waals surface area contributed by atoms with Gasteiger partial charge in [0.1, 0.15) is 11.5 Å². The molecule has 0 aliphatic carbocycles. The van der Waals surface area contributed by atoms with E-state index in [-0.39, 0.29) is 18.6 Å². The average Bonchev–Trinajstić information content (AvgIpc) is 3.21. The topological polar surface area (TPSA) is 65.4 Å². The number of benzene rings is 2. The van der Waals surface area contributed by atoms with Crippen LogP contribution in [0.3, 0.4) is 0 Å². The minimum atomic E-state index is -0.174. The standard InChI is InChI=1S/C20H21N3O3/c1-15(16-3-5-17(6-4-16)23-12-11-21-14-23)22-20(24)13-26-19-9-7-18(25-2)8-10-19/h3-12,14-15H,13H2,1-2H3,(H,22,24). The molecule has 0 radical (unpaired) electrons. The number of nitrogens with one attached hydrogen (secondary N) is 1. The highest BCUT2D eigenvalue weighted by Gasteiger charge is 2.10. The number of carbonyl (C=O) groups excluding carboxylic acids is 1. The van der Waals surface area contributed by atoms with Gasteiger partial charge >= 0.3 is 0 Å². The maximum Gasteiger partial charge on any atom is 0.258 e. The second kappa shape index (κ2) is 8.20. The summed E-state index contributed by atoms with van der Waals surface area (Å²) in [5.74, 6) is 1.19. The molecule has 6 heteroatoms. The van der Waals surface area contributed by atoms with Gasteiger partial charge in [-0.05, 0) is 48.9 Å². The van der Waals surface area contributed by atoms with E-state index in [1.807, 2.05) is 42.0 Å². The van der Waals surface area contributed by atoms with Crippen molar-refractivity contribution in [3.8, 4) is 17.2 Å². The van der Waals surface area contributed by atoms with Gasteiger partial charge in [0.05, 0.1) is 19.5 Å². The number of aromatic nitrogens is 2. The van der Waals surface area contributed by atoms with E-state index in [0.717, 1.165) is 17.0 Å². The highest BCUT2D eigenvalue weighted by Crippen LogP contribution is 2.18. The molecule has 0 aliphatic heterocycles. The molecule has 1 heterocycles. The third-order valence-corrected chi connectivity index (χ3v) is 4.00. The van der Waals surface area contributed by atoms with Crippen molar-refractivity contribution < 1.29 is 14.3 Å². The fraction of sp³-hybridized carbons (Fsp3) is 0.200. The number of nitrogens with zero attached hydrogens (tertiary/aromatic N) is 2. The first-order valence-electron chi connectivity index (χ1n) is 8.30. The summed E-state index contributed by atoms with van der Waals surface area (Å²) in [4.78, 5) is 16.1. The van der Waals surface area contributed by atoms with Gasteiger partial charge < -0.3 is 19.4 Å². The van der Waals surface area contributed by atoms with Crippen molar-refractivity contribution >= 4 is 5.91 Å². The minimum Gasteiger partial charge on any atom is -0.497 e. The Bertz CT molecular complexity index is 828. The van der Waals surface area contributed by atoms with Crippen molar-refractivity contribution in [3.63, 3.8) is 0 Å². The van der Waals surface area contributed by atoms with E-state index in [2.05, 4.69) is 10.3 Å². The molecular formula is C20H21N3O3. The fourth-order valence-electron chi connectivity index (χ4n) is 2.53. The number of amides is 1. The van der Waals surface area contributed by atoms with E-state index in [1.165, 1.54) is 0 Å². The average molecular weight is 351 g/mol. The van der Waals surface area contributed by atoms with E-state index < -0.39 is 0 Å². The van der Waals surface area contributed by atoms with Gasteiger partial charge in [-0.3, -0.25) is 4.79 Å². The zero-order valence-electron chi connectivity index (χ0n) is 14.8. The summed E-state index contributed by atoms with van der Waals surface area (Å²) in [5.41, 5.74) is 2.04. The monoisotopic (exact) mass is 351 g/mol. The fourth-order valence-corrected chi connectivity index (χ4v) is 2.53. The lowest BCUT2D eigenvalue weighted by atomic mass is 10.1. The summed E-state index contributed by atoms with van der Waals surface area (Å²) in [6, 6.07) is 15.0. The summed E-state index contributed by atoms with van der Waals surface area (Å²) in [7, 11) is 1.60. The Morgan fingerprint density at radius 1 is 1.12 bits per heavy atom. The minimum absolute atomic E-state index is 0.0379. The first-order valence-corrected chi connectivity index (χ1v) is 8.30. The molecule has 1 atom stereocenters. The highest BCUT2D eigenvalue weighted by molar-refractivity contribution is 5.78. The van der Waals surface area contributed by atoms with E-state index in [0.29, 0.717) is 5.75 Å². The number of methoxy groups -OCH3 is 1. The van der Waals surface area contributed by atoms with Crippen molar-refractivity contribution in [2.45, 2.75) is 13.0 Å². The highest BCUT2D eigenvalue weighted by atomic mass is 16.5. The molecule has 2 aromatic carbocycles. The molecule has 0 saturated carbocycles. The number of hydrogen-bond donors (Lipinski definition) is 1. The summed E-state index contributed by atoms with van der Waals surface area (Å²) < 4.78 is 12.5. The molecule has 6 nitrogen and oxygen atoms in total. The maximum absolute atomic E-state index is 12.1. The lowest BCUT2D eigenvalue weighted by Gasteiger charge is -2.15. The van der Waals surface area contributed by atoms with E-state index in [1.54, 1.807) is 43.9 Å². The smallest absolute Gasteiger partial charge is 0.258 e. The Balaban J connectivity index is 1.51. The molecule has 3 aromatic rings. The molecule has 1 unspecified atom stereocenters. The van der Waals surface area contributed by atoms with Gasteiger partial charge in [-0.15, -0.1) is 0 Å². The Morgan fingerprint density at radius 2 is 1.81 bits per heavy atom. The summed E-state index contributed by atoms with van der Waals surface area (Å²) in [6.07, 6.45) is 5.37. The van der Waals surface area contributed by atoms with Crippen LogP contribution in [-0.2, 0) is 4.79 Å². The molecule has 1 aromatic heterocycles. The van der Waals surface area contributed by atoms with Crippen molar-refractivity contribution in [1.29, 1.82) is 0 Å². The van der Waals surface area contributed by atoms with Crippen LogP contribution in [-0.4, -0.2) is 29.2 Å². The predicted octanol–water partition coefficient (Wildman–Crippen LogP) is 3.14. The van der Waals surface area contributed by atoms with E-state index in [4.69, 9.17) is 9.47 Å². The number of carbonyl (C=O) groups is 1. The summed E-state index contributed by atoms with van der Waals surface area (Å²) >= 11 is 0. The zero-order valence-corrected chi connectivity index (χ0v) is 14.8. The molecule has 26 heavy (non-hydrogen) atoms. The van der Waals surface area contributed by atoms with Gasteiger partial charge in [0.25, 0.3) is 5.91 Å². The molecule has 0 aliphatic rings. The van der Waals surface area contributed by atoms with Crippen LogP contribution < -0.4 is 14.8 Å². The lowest BCUT2D eigenvalue weighted by Crippen LogP contribution is -2.31. The Kier molecular flexibility index (Phi) is 5.53. The van der Waals surface area contributed by atoms with Crippen LogP contribution in [0.25, 0.3) is 5.69 Å². The van der Waals surface area contributed by atoms with Gasteiger partial charge in [0.2, 0.25) is 0 Å². The van der Waals surface area contributed by atoms with Crippen LogP contribution in [0.1, 0.15) is 18.5 Å². The van der Waals surface area contributed by atoms with Crippen LogP contribution >= 0.6 is 0 Å². The quantitative estimate of drug-likeness (QED) is 0.710. The summed E-state index contributed by atoms with van der Waals surface area (Å²) in [5, 5.41) is 2.94. The van der Waals surface area contributed by atoms with Gasteiger partial charge in [0, 0.05) is 18.1 Å². The molecule has 3 rings (SSSR count). The second-order valence-corrected chi connectivity index (χ2v) is 5.81. The Hall–Kier alpha value is -3.28. The molecule has 1 amide bonds. The Labute approximate surface area is 152 Å². The van der Waals surface area contributed by atoms with Crippen LogP contribution in [0.5, 0.6) is 11.5 Å². The molecule has 134 valence electrons. The predicted molar refractivity (Wildman–Crippen MR) is 98.6 cm³/mol. The molecular weight excluding hydrogens is 330 g/mol. The Morgan fingerprint density at radius 3 is 2.42 bits per heavy atom. The van der Waals surface area contributed by atoms with Crippen molar-refractivity contribution in [1.82, 2.24) is 14.9 Å². The SMILES string of the molecule is COc1ccc(OCC(=O)NC(C)c2ccc(-n3ccnc3)cc2)cc1. The number of hydrogen-bond acceptors (Lipinski definition) is 4. The number of rotatable bonds is 7. The summed E-state index contributed by atoms with van der Waals surface area (Å²) in [6.45, 7) is 1.90. The molecule has 1 N–H and O–H groups in total. The second-order valence-electron chi connectivity index (χ2n) is 5.81. The van der Waals surface area contributed by atoms with Crippen LogP contribution in [0.2, 0.25) is 0 Å². The van der Waals surface area contributed by atoms with Gasteiger partial charge in [0.15, 0.2) is 6.61 Å². The molecule has 0 bridgehead atoms. The zero-order chi connectivity index (χ0) is 18.4. The van der Waals surface area contributed by atoms with Crippen LogP contribution in [0.15, 0.2) is 67.3 Å². The van der Waals surface area contributed by atoms with Gasteiger partial charge in [-0.2, -0.15) is 0 Å². The van der Waals surface area contributed by atoms with Crippen molar-refractivity contribution in [3.05, 3.63) is 72.8 Å². The normalized spacial score (nSPS) is 11.6. The molecule has 0 saturated heterocycles. The van der Waals surface area contributed by atoms with Gasteiger partial charge in [-0.25, -0.2) is 4.98 Å². The number of imidazole rings is 1. The third-order valence-electron chi connectivity index (χ3n) is 4.00. The third kappa shape index (κ3) is 4.42. The van der Waals surface area contributed by atoms with Gasteiger partial charge in [-0.1, -0.05) is 12.1 Å². The first kappa shape index (κ1) is 17.5. The van der Waals surface area contributed by atoms with Crippen molar-refractivity contribution in [2.75, 3.05) is 13.7 Å². The maximum atomic E-state index is 12.1. The van der Waals surface area contributed by atoms with Crippen LogP contribution in [0.4, 0.5) is 0 Å². The largest absolute Gasteiger partial charge is 0.497 e. The van der Waals surface area contributed by atoms with Crippen LogP contribution in [0, 0.1) is 0 Å².